The van der Waals surface area contributed by atoms with Gasteiger partial charge in [0.1, 0.15) is 11.4 Å². The van der Waals surface area contributed by atoms with E-state index in [1.165, 1.54) is 4.90 Å². The van der Waals surface area contributed by atoms with Gasteiger partial charge in [-0.05, 0) is 51.1 Å². The zero-order valence-electron chi connectivity index (χ0n) is 18.8. The third kappa shape index (κ3) is 2.76. The molecule has 8 heteroatoms. The van der Waals surface area contributed by atoms with Crippen LogP contribution in [0.1, 0.15) is 36.8 Å². The minimum absolute atomic E-state index is 0.226. The second-order valence-electron chi connectivity index (χ2n) is 9.33. The molecule has 0 saturated carbocycles. The monoisotopic (exact) mass is 442 g/mol. The first kappa shape index (κ1) is 19.7. The molecule has 0 bridgehead atoms. The number of fused-ring (bicyclic) bond motifs is 5. The van der Waals surface area contributed by atoms with Crippen LogP contribution in [-0.2, 0) is 11.2 Å². The number of rotatable bonds is 1. The molecule has 0 unspecified atom stereocenters. The van der Waals surface area contributed by atoms with E-state index in [9.17, 15) is 9.59 Å². The van der Waals surface area contributed by atoms with Gasteiger partial charge in [-0.15, -0.1) is 0 Å². The van der Waals surface area contributed by atoms with Crippen LogP contribution in [0.2, 0.25) is 0 Å². The molecule has 2 amide bonds. The first-order valence-electron chi connectivity index (χ1n) is 10.8. The summed E-state index contributed by atoms with van der Waals surface area (Å²) in [6, 6.07) is 9.68. The minimum atomic E-state index is -0.702. The number of hydrogen-bond donors (Lipinski definition) is 0. The summed E-state index contributed by atoms with van der Waals surface area (Å²) in [6.07, 6.45) is 1.63. The standard InChI is InChI=1S/C25H22N4O4/c1-25(2,3)33-24(31)28-10-9-17-21(23(28)30)19-15-11-14(32-4)6-8-18(15)29-22-13(12-26-29)5-7-16(27-17)20(19)22/h5-8,11-12H,9-10H2,1-4H3. The van der Waals surface area contributed by atoms with Crippen LogP contribution in [0.3, 0.4) is 0 Å². The largest absolute Gasteiger partial charge is 0.497 e. The summed E-state index contributed by atoms with van der Waals surface area (Å²) >= 11 is 0. The number of pyridine rings is 2. The molecule has 0 saturated heterocycles. The Morgan fingerprint density at radius 1 is 1.12 bits per heavy atom. The fraction of sp³-hybridized carbons (Fsp3) is 0.280. The summed E-state index contributed by atoms with van der Waals surface area (Å²) in [5.41, 5.74) is 2.97. The molecule has 1 aliphatic heterocycles. The van der Waals surface area contributed by atoms with Crippen LogP contribution < -0.4 is 4.74 Å². The Hall–Kier alpha value is -3.94. The summed E-state index contributed by atoms with van der Waals surface area (Å²) in [4.78, 5) is 32.6. The van der Waals surface area contributed by atoms with Crippen LogP contribution >= 0.6 is 0 Å². The fourth-order valence-electron chi connectivity index (χ4n) is 4.75. The van der Waals surface area contributed by atoms with Crippen LogP contribution in [0.25, 0.3) is 38.1 Å². The Morgan fingerprint density at radius 3 is 2.70 bits per heavy atom. The lowest BCUT2D eigenvalue weighted by Gasteiger charge is -2.30. The molecular formula is C25H22N4O4. The minimum Gasteiger partial charge on any atom is -0.497 e. The highest BCUT2D eigenvalue weighted by atomic mass is 16.6. The van der Waals surface area contributed by atoms with Crippen molar-refractivity contribution in [3.05, 3.63) is 47.8 Å². The van der Waals surface area contributed by atoms with Crippen molar-refractivity contribution in [1.29, 1.82) is 0 Å². The number of nitrogens with zero attached hydrogens (tertiary/aromatic N) is 4. The maximum absolute atomic E-state index is 13.8. The summed E-state index contributed by atoms with van der Waals surface area (Å²) < 4.78 is 12.9. The summed E-state index contributed by atoms with van der Waals surface area (Å²) in [7, 11) is 1.61. The topological polar surface area (TPSA) is 86.0 Å². The molecule has 0 atom stereocenters. The molecule has 3 aromatic heterocycles. The number of carbonyl (C=O) groups excluding carboxylic acids is 2. The van der Waals surface area contributed by atoms with Gasteiger partial charge in [-0.25, -0.2) is 14.2 Å². The molecule has 4 heterocycles. The van der Waals surface area contributed by atoms with Crippen molar-refractivity contribution in [2.75, 3.05) is 13.7 Å². The first-order chi connectivity index (χ1) is 15.8. The number of hydrogen-bond acceptors (Lipinski definition) is 6. The van der Waals surface area contributed by atoms with Gasteiger partial charge in [0.2, 0.25) is 0 Å². The van der Waals surface area contributed by atoms with E-state index in [1.54, 1.807) is 27.9 Å². The maximum atomic E-state index is 13.8. The Bertz CT molecular complexity index is 1610. The van der Waals surface area contributed by atoms with Gasteiger partial charge in [0.05, 0.1) is 41.1 Å². The molecule has 2 aromatic carbocycles. The van der Waals surface area contributed by atoms with Crippen molar-refractivity contribution in [2.24, 2.45) is 0 Å². The SMILES string of the molecule is COc1ccc2c(c1)c1c3c(nc4ccc5cnn2c5c41)CCN(C(=O)OC(C)(C)C)C3=O. The molecular weight excluding hydrogens is 420 g/mol. The Morgan fingerprint density at radius 2 is 1.94 bits per heavy atom. The number of aromatic nitrogens is 3. The van der Waals surface area contributed by atoms with E-state index >= 15 is 0 Å². The number of methoxy groups -OCH3 is 1. The lowest BCUT2D eigenvalue weighted by Crippen LogP contribution is -2.45. The fourth-order valence-corrected chi connectivity index (χ4v) is 4.75. The first-order valence-corrected chi connectivity index (χ1v) is 10.8. The molecule has 8 nitrogen and oxygen atoms in total. The second kappa shape index (κ2) is 6.54. The highest BCUT2D eigenvalue weighted by Crippen LogP contribution is 2.40. The average molecular weight is 442 g/mol. The van der Waals surface area contributed by atoms with Crippen LogP contribution in [0.15, 0.2) is 36.5 Å². The zero-order valence-corrected chi connectivity index (χ0v) is 18.8. The van der Waals surface area contributed by atoms with Gasteiger partial charge in [0.15, 0.2) is 0 Å². The van der Waals surface area contributed by atoms with Crippen molar-refractivity contribution in [2.45, 2.75) is 32.8 Å². The van der Waals surface area contributed by atoms with Crippen molar-refractivity contribution < 1.29 is 19.1 Å². The normalized spacial score (nSPS) is 14.5. The van der Waals surface area contributed by atoms with E-state index in [1.807, 2.05) is 41.0 Å². The predicted molar refractivity (Wildman–Crippen MR) is 124 cm³/mol. The van der Waals surface area contributed by atoms with Crippen LogP contribution in [0.5, 0.6) is 5.75 Å². The van der Waals surface area contributed by atoms with Crippen molar-refractivity contribution in [1.82, 2.24) is 19.5 Å². The van der Waals surface area contributed by atoms with Crippen LogP contribution in [0, 0.1) is 0 Å². The lowest BCUT2D eigenvalue weighted by molar-refractivity contribution is 0.0233. The highest BCUT2D eigenvalue weighted by molar-refractivity contribution is 6.28. The van der Waals surface area contributed by atoms with E-state index < -0.39 is 17.6 Å². The van der Waals surface area contributed by atoms with E-state index in [4.69, 9.17) is 14.5 Å². The average Bonchev–Trinajstić information content (AvgIpc) is 3.21. The van der Waals surface area contributed by atoms with E-state index in [-0.39, 0.29) is 6.54 Å². The second-order valence-corrected chi connectivity index (χ2v) is 9.33. The summed E-state index contributed by atoms with van der Waals surface area (Å²) in [6.45, 7) is 5.58. The smallest absolute Gasteiger partial charge is 0.417 e. The maximum Gasteiger partial charge on any atom is 0.417 e. The number of amides is 2. The molecule has 0 fully saturated rings. The van der Waals surface area contributed by atoms with Gasteiger partial charge in [-0.2, -0.15) is 5.10 Å². The van der Waals surface area contributed by atoms with Gasteiger partial charge >= 0.3 is 6.09 Å². The number of carbonyl (C=O) groups is 2. The number of benzene rings is 2. The molecule has 6 rings (SSSR count). The summed E-state index contributed by atoms with van der Waals surface area (Å²) in [5.74, 6) is 0.274. The van der Waals surface area contributed by atoms with Gasteiger partial charge in [0, 0.05) is 34.5 Å². The Kier molecular flexibility index (Phi) is 3.91. The number of ether oxygens (including phenoxy) is 2. The highest BCUT2D eigenvalue weighted by Gasteiger charge is 2.36. The quantitative estimate of drug-likeness (QED) is 0.279. The molecule has 0 spiro atoms. The third-order valence-electron chi connectivity index (χ3n) is 6.10. The van der Waals surface area contributed by atoms with E-state index in [0.717, 1.165) is 38.1 Å². The molecule has 1 aliphatic rings. The van der Waals surface area contributed by atoms with Crippen molar-refractivity contribution >= 4 is 50.1 Å². The molecule has 0 radical (unpaired) electrons. The van der Waals surface area contributed by atoms with Gasteiger partial charge in [0.25, 0.3) is 5.91 Å². The molecule has 0 aliphatic carbocycles. The van der Waals surface area contributed by atoms with E-state index in [2.05, 4.69) is 5.10 Å². The predicted octanol–water partition coefficient (Wildman–Crippen LogP) is 4.57. The van der Waals surface area contributed by atoms with Crippen LogP contribution in [-0.4, -0.2) is 50.8 Å². The van der Waals surface area contributed by atoms with Crippen molar-refractivity contribution in [3.63, 3.8) is 0 Å². The molecule has 166 valence electrons. The molecule has 33 heavy (non-hydrogen) atoms. The van der Waals surface area contributed by atoms with Gasteiger partial charge in [-0.3, -0.25) is 9.78 Å². The van der Waals surface area contributed by atoms with Gasteiger partial charge in [-0.1, -0.05) is 0 Å². The molecule has 5 aromatic rings. The van der Waals surface area contributed by atoms with Crippen molar-refractivity contribution in [3.8, 4) is 5.75 Å². The Labute approximate surface area is 189 Å². The lowest BCUT2D eigenvalue weighted by atomic mass is 9.93. The number of imide groups is 1. The van der Waals surface area contributed by atoms with Crippen LogP contribution in [0.4, 0.5) is 4.79 Å². The summed E-state index contributed by atoms with van der Waals surface area (Å²) in [5, 5.41) is 7.99. The molecule has 0 N–H and O–H groups in total. The zero-order chi connectivity index (χ0) is 23.1. The Balaban J connectivity index is 1.72. The van der Waals surface area contributed by atoms with Gasteiger partial charge < -0.3 is 9.47 Å². The third-order valence-corrected chi connectivity index (χ3v) is 6.10. The van der Waals surface area contributed by atoms with E-state index in [0.29, 0.717) is 23.4 Å².